The van der Waals surface area contributed by atoms with Gasteiger partial charge in [0.1, 0.15) is 22.8 Å². The molecule has 0 radical (unpaired) electrons. The predicted octanol–water partition coefficient (Wildman–Crippen LogP) is 5.80. The molecule has 8 nitrogen and oxygen atoms in total. The molecule has 2 aromatic heterocycles. The summed E-state index contributed by atoms with van der Waals surface area (Å²) < 4.78 is 12.1. The Bertz CT molecular complexity index is 1300. The summed E-state index contributed by atoms with van der Waals surface area (Å²) in [6.45, 7) is 2.89. The molecule has 1 aliphatic rings. The third kappa shape index (κ3) is 5.43. The number of amides is 1. The Morgan fingerprint density at radius 2 is 1.92 bits per heavy atom. The SMILES string of the molecule is CCCCc1nc(O)c(C(=O)N2CCC(c3ncc(Cl)cc3I)C2)c(O)c1-c1c(OC)cccc1OC. The number of aromatic hydroxyl groups is 2. The maximum atomic E-state index is 13.7. The zero-order chi connectivity index (χ0) is 26.7. The maximum Gasteiger partial charge on any atom is 0.263 e. The number of benzene rings is 1. The third-order valence-electron chi connectivity index (χ3n) is 6.58. The Balaban J connectivity index is 1.78. The fourth-order valence-corrected chi connectivity index (χ4v) is 6.00. The number of likely N-dealkylation sites (tertiary alicyclic amines) is 1. The molecule has 2 N–H and O–H groups in total. The highest BCUT2D eigenvalue weighted by Crippen LogP contribution is 2.47. The predicted molar refractivity (Wildman–Crippen MR) is 150 cm³/mol. The van der Waals surface area contributed by atoms with Crippen molar-refractivity contribution in [1.29, 1.82) is 0 Å². The van der Waals surface area contributed by atoms with Crippen molar-refractivity contribution in [1.82, 2.24) is 14.9 Å². The molecule has 0 bridgehead atoms. The number of carbonyl (C=O) groups is 1. The van der Waals surface area contributed by atoms with Gasteiger partial charge in [-0.25, -0.2) is 4.98 Å². The molecule has 1 fully saturated rings. The molecule has 1 unspecified atom stereocenters. The second kappa shape index (κ2) is 11.7. The second-order valence-corrected chi connectivity index (χ2v) is 10.5. The van der Waals surface area contributed by atoms with Crippen LogP contribution in [0.1, 0.15) is 53.8 Å². The zero-order valence-corrected chi connectivity index (χ0v) is 23.8. The summed E-state index contributed by atoms with van der Waals surface area (Å²) in [6, 6.07) is 7.13. The summed E-state index contributed by atoms with van der Waals surface area (Å²) in [7, 11) is 3.05. The minimum atomic E-state index is -0.494. The van der Waals surface area contributed by atoms with Crippen molar-refractivity contribution in [3.8, 4) is 34.3 Å². The van der Waals surface area contributed by atoms with Crippen LogP contribution in [0.15, 0.2) is 30.5 Å². The Morgan fingerprint density at radius 1 is 1.22 bits per heavy atom. The number of rotatable bonds is 8. The Kier molecular flexibility index (Phi) is 8.63. The summed E-state index contributed by atoms with van der Waals surface area (Å²) in [6.07, 6.45) is 4.47. The van der Waals surface area contributed by atoms with Crippen molar-refractivity contribution in [3.05, 3.63) is 56.0 Å². The number of aryl methyl sites for hydroxylation is 1. The molecule has 0 saturated carbocycles. The molecule has 1 aromatic carbocycles. The number of nitrogens with zero attached hydrogens (tertiary/aromatic N) is 3. The van der Waals surface area contributed by atoms with Crippen LogP contribution in [0.4, 0.5) is 0 Å². The highest BCUT2D eigenvalue weighted by molar-refractivity contribution is 14.1. The minimum Gasteiger partial charge on any atom is -0.506 e. The van der Waals surface area contributed by atoms with E-state index in [1.54, 1.807) is 29.3 Å². The Morgan fingerprint density at radius 3 is 2.54 bits per heavy atom. The number of hydrogen-bond acceptors (Lipinski definition) is 7. The van der Waals surface area contributed by atoms with Gasteiger partial charge in [-0.05, 0) is 60.1 Å². The van der Waals surface area contributed by atoms with Gasteiger partial charge in [0.05, 0.1) is 41.8 Å². The largest absolute Gasteiger partial charge is 0.506 e. The van der Waals surface area contributed by atoms with Crippen LogP contribution in [0.2, 0.25) is 5.02 Å². The first-order valence-electron chi connectivity index (χ1n) is 12.1. The van der Waals surface area contributed by atoms with E-state index in [9.17, 15) is 15.0 Å². The summed E-state index contributed by atoms with van der Waals surface area (Å²) in [4.78, 5) is 24.2. The van der Waals surface area contributed by atoms with Gasteiger partial charge < -0.3 is 24.6 Å². The molecule has 0 spiro atoms. The fraction of sp³-hybridized carbons (Fsp3) is 0.370. The Hall–Kier alpha value is -2.79. The lowest BCUT2D eigenvalue weighted by atomic mass is 9.95. The van der Waals surface area contributed by atoms with Crippen molar-refractivity contribution >= 4 is 40.1 Å². The molecule has 1 amide bonds. The molecule has 3 aromatic rings. The van der Waals surface area contributed by atoms with Gasteiger partial charge in [0.15, 0.2) is 0 Å². The lowest BCUT2D eigenvalue weighted by Gasteiger charge is -2.22. The average molecular weight is 638 g/mol. The molecular weight excluding hydrogens is 609 g/mol. The van der Waals surface area contributed by atoms with E-state index in [2.05, 4.69) is 32.6 Å². The van der Waals surface area contributed by atoms with Crippen LogP contribution in [0, 0.1) is 3.57 Å². The number of aromatic nitrogens is 2. The molecule has 37 heavy (non-hydrogen) atoms. The van der Waals surface area contributed by atoms with Gasteiger partial charge in [-0.2, -0.15) is 0 Å². The summed E-state index contributed by atoms with van der Waals surface area (Å²) in [5.74, 6) is -0.386. The van der Waals surface area contributed by atoms with Gasteiger partial charge in [-0.15, -0.1) is 0 Å². The number of unbranched alkanes of at least 4 members (excludes halogenated alkanes) is 1. The van der Waals surface area contributed by atoms with Crippen molar-refractivity contribution in [3.63, 3.8) is 0 Å². The van der Waals surface area contributed by atoms with E-state index in [0.29, 0.717) is 59.3 Å². The average Bonchev–Trinajstić information content (AvgIpc) is 3.37. The van der Waals surface area contributed by atoms with Crippen LogP contribution in [0.5, 0.6) is 23.1 Å². The van der Waals surface area contributed by atoms with Gasteiger partial charge in [-0.1, -0.05) is 31.0 Å². The molecule has 3 heterocycles. The van der Waals surface area contributed by atoms with Gasteiger partial charge in [0.2, 0.25) is 5.88 Å². The third-order valence-corrected chi connectivity index (χ3v) is 7.65. The first kappa shape index (κ1) is 27.3. The first-order valence-corrected chi connectivity index (χ1v) is 13.5. The van der Waals surface area contributed by atoms with E-state index in [1.165, 1.54) is 14.2 Å². The molecule has 1 atom stereocenters. The lowest BCUT2D eigenvalue weighted by Crippen LogP contribution is -2.29. The van der Waals surface area contributed by atoms with Crippen LogP contribution in [-0.2, 0) is 6.42 Å². The number of ether oxygens (including phenoxy) is 2. The molecule has 196 valence electrons. The van der Waals surface area contributed by atoms with Crippen LogP contribution in [0.25, 0.3) is 11.1 Å². The van der Waals surface area contributed by atoms with Crippen LogP contribution in [0.3, 0.4) is 0 Å². The smallest absolute Gasteiger partial charge is 0.263 e. The van der Waals surface area contributed by atoms with E-state index in [0.717, 1.165) is 22.1 Å². The topological polar surface area (TPSA) is 105 Å². The Labute approximate surface area is 234 Å². The molecular formula is C27H29ClIN3O5. The maximum absolute atomic E-state index is 13.7. The lowest BCUT2D eigenvalue weighted by molar-refractivity contribution is 0.0783. The number of carbonyl (C=O) groups excluding carboxylic acids is 1. The molecule has 10 heteroatoms. The van der Waals surface area contributed by atoms with Gasteiger partial charge in [-0.3, -0.25) is 9.78 Å². The monoisotopic (exact) mass is 637 g/mol. The number of hydrogen-bond donors (Lipinski definition) is 2. The molecule has 4 rings (SSSR count). The zero-order valence-electron chi connectivity index (χ0n) is 20.9. The van der Waals surface area contributed by atoms with Crippen LogP contribution >= 0.6 is 34.2 Å². The van der Waals surface area contributed by atoms with E-state index in [-0.39, 0.29) is 17.2 Å². The van der Waals surface area contributed by atoms with Gasteiger partial charge >= 0.3 is 0 Å². The summed E-state index contributed by atoms with van der Waals surface area (Å²) in [5.41, 5.74) is 1.92. The fourth-order valence-electron chi connectivity index (χ4n) is 4.74. The normalized spacial score (nSPS) is 15.2. The standard InChI is InChI=1S/C27H29ClIN3O5/c1-4-5-7-18-21(22-19(36-2)8-6-9-20(22)37-3)25(33)23(26(34)31-18)27(35)32-11-10-15(14-32)24-17(29)12-16(28)13-30-24/h6,8-9,12-13,15H,4-5,7,10-11,14H2,1-3H3,(H2,31,33,34). The summed E-state index contributed by atoms with van der Waals surface area (Å²) in [5, 5.41) is 23.0. The van der Waals surface area contributed by atoms with Crippen LogP contribution < -0.4 is 9.47 Å². The molecule has 0 aliphatic carbocycles. The highest BCUT2D eigenvalue weighted by atomic mass is 127. The highest BCUT2D eigenvalue weighted by Gasteiger charge is 2.35. The number of halogens is 2. The van der Waals surface area contributed by atoms with E-state index >= 15 is 0 Å². The van der Waals surface area contributed by atoms with Crippen molar-refractivity contribution < 1.29 is 24.5 Å². The van der Waals surface area contributed by atoms with Gasteiger partial charge in [0.25, 0.3) is 5.91 Å². The molecule has 1 aliphatic heterocycles. The van der Waals surface area contributed by atoms with Crippen molar-refractivity contribution in [2.24, 2.45) is 0 Å². The second-order valence-electron chi connectivity index (χ2n) is 8.88. The number of methoxy groups -OCH3 is 2. The number of pyridine rings is 2. The van der Waals surface area contributed by atoms with Crippen molar-refractivity contribution in [2.45, 2.75) is 38.5 Å². The van der Waals surface area contributed by atoms with E-state index < -0.39 is 11.8 Å². The minimum absolute atomic E-state index is 0.0166. The molecule has 1 saturated heterocycles. The quantitative estimate of drug-likeness (QED) is 0.301. The van der Waals surface area contributed by atoms with Crippen LogP contribution in [-0.4, -0.2) is 58.3 Å². The van der Waals surface area contributed by atoms with Crippen molar-refractivity contribution in [2.75, 3.05) is 27.3 Å². The summed E-state index contributed by atoms with van der Waals surface area (Å²) >= 11 is 8.26. The van der Waals surface area contributed by atoms with Gasteiger partial charge in [0, 0.05) is 28.8 Å². The first-order chi connectivity index (χ1) is 17.8. The van der Waals surface area contributed by atoms with E-state index in [4.69, 9.17) is 21.1 Å². The van der Waals surface area contributed by atoms with E-state index in [1.807, 2.05) is 13.0 Å².